The molecule has 0 aliphatic carbocycles. The summed E-state index contributed by atoms with van der Waals surface area (Å²) in [7, 11) is 0. The molecule has 0 unspecified atom stereocenters. The van der Waals surface area contributed by atoms with Crippen molar-refractivity contribution in [2.75, 3.05) is 5.73 Å². The van der Waals surface area contributed by atoms with Crippen LogP contribution >= 0.6 is 22.9 Å². The summed E-state index contributed by atoms with van der Waals surface area (Å²) in [6, 6.07) is 5.91. The fraction of sp³-hybridized carbons (Fsp3) is 0.200. The van der Waals surface area contributed by atoms with Crippen LogP contribution in [0.5, 0.6) is 0 Å². The highest BCUT2D eigenvalue weighted by atomic mass is 35.5. The molecule has 0 radical (unpaired) electrons. The van der Waals surface area contributed by atoms with Crippen molar-refractivity contribution >= 4 is 38.0 Å². The number of anilines is 1. The van der Waals surface area contributed by atoms with E-state index in [2.05, 4.69) is 0 Å². The molecule has 0 bridgehead atoms. The summed E-state index contributed by atoms with van der Waals surface area (Å²) in [5.74, 6) is 0.445. The minimum atomic E-state index is -0.0280. The quantitative estimate of drug-likeness (QED) is 0.775. The Hall–Kier alpha value is -0.770. The first kappa shape index (κ1) is 9.77. The summed E-state index contributed by atoms with van der Waals surface area (Å²) in [5, 5.41) is 10.9. The van der Waals surface area contributed by atoms with E-state index in [0.29, 0.717) is 10.9 Å². The van der Waals surface area contributed by atoms with Crippen molar-refractivity contribution in [3.8, 4) is 0 Å². The van der Waals surface area contributed by atoms with E-state index < -0.39 is 0 Å². The van der Waals surface area contributed by atoms with Crippen LogP contribution in [-0.2, 0) is 12.5 Å². The third-order valence-corrected chi connectivity index (χ3v) is 3.55. The second-order valence-electron chi connectivity index (χ2n) is 3.03. The second-order valence-corrected chi connectivity index (χ2v) is 4.38. The van der Waals surface area contributed by atoms with Gasteiger partial charge in [-0.2, -0.15) is 0 Å². The van der Waals surface area contributed by atoms with Crippen molar-refractivity contribution in [3.05, 3.63) is 29.3 Å². The van der Waals surface area contributed by atoms with Gasteiger partial charge in [-0.05, 0) is 11.6 Å². The number of nitrogen functional groups attached to an aromatic ring is 1. The van der Waals surface area contributed by atoms with Crippen LogP contribution in [0.4, 0.5) is 5.00 Å². The molecule has 0 saturated carbocycles. The number of fused-ring (bicyclic) bond motifs is 1. The van der Waals surface area contributed by atoms with Crippen molar-refractivity contribution in [3.63, 3.8) is 0 Å². The first-order valence-electron chi connectivity index (χ1n) is 4.23. The molecule has 2 nitrogen and oxygen atoms in total. The molecule has 2 aromatic rings. The van der Waals surface area contributed by atoms with E-state index in [9.17, 15) is 5.11 Å². The SMILES string of the molecule is Nc1sc2cccc(CCl)c2c1CO. The molecule has 0 aliphatic heterocycles. The Bertz CT molecular complexity index is 466. The van der Waals surface area contributed by atoms with E-state index in [1.54, 1.807) is 0 Å². The lowest BCUT2D eigenvalue weighted by Gasteiger charge is -2.00. The Kier molecular flexibility index (Phi) is 2.63. The van der Waals surface area contributed by atoms with E-state index in [0.717, 1.165) is 21.2 Å². The van der Waals surface area contributed by atoms with Crippen LogP contribution < -0.4 is 5.73 Å². The highest BCUT2D eigenvalue weighted by molar-refractivity contribution is 7.22. The third-order valence-electron chi connectivity index (χ3n) is 2.23. The number of alkyl halides is 1. The third kappa shape index (κ3) is 1.38. The number of rotatable bonds is 2. The van der Waals surface area contributed by atoms with Gasteiger partial charge < -0.3 is 10.8 Å². The molecule has 0 saturated heterocycles. The monoisotopic (exact) mass is 227 g/mol. The topological polar surface area (TPSA) is 46.2 Å². The molecule has 3 N–H and O–H groups in total. The minimum absolute atomic E-state index is 0.0280. The predicted octanol–water partition coefficient (Wildman–Crippen LogP) is 2.71. The Labute approximate surface area is 90.9 Å². The van der Waals surface area contributed by atoms with Gasteiger partial charge in [0.15, 0.2) is 0 Å². The van der Waals surface area contributed by atoms with Crippen LogP contribution in [0.1, 0.15) is 11.1 Å². The van der Waals surface area contributed by atoms with Crippen molar-refractivity contribution in [1.29, 1.82) is 0 Å². The lowest BCUT2D eigenvalue weighted by Crippen LogP contribution is -1.90. The molecule has 1 aromatic heterocycles. The molecule has 1 heterocycles. The lowest BCUT2D eigenvalue weighted by atomic mass is 10.1. The van der Waals surface area contributed by atoms with Crippen LogP contribution in [0.15, 0.2) is 18.2 Å². The zero-order chi connectivity index (χ0) is 10.1. The molecule has 14 heavy (non-hydrogen) atoms. The van der Waals surface area contributed by atoms with Gasteiger partial charge >= 0.3 is 0 Å². The van der Waals surface area contributed by atoms with Crippen LogP contribution in [0.25, 0.3) is 10.1 Å². The molecule has 74 valence electrons. The van der Waals surface area contributed by atoms with E-state index in [1.807, 2.05) is 18.2 Å². The molecule has 0 amide bonds. The predicted molar refractivity (Wildman–Crippen MR) is 61.7 cm³/mol. The summed E-state index contributed by atoms with van der Waals surface area (Å²) in [6.07, 6.45) is 0. The summed E-state index contributed by atoms with van der Waals surface area (Å²) in [4.78, 5) is 0. The fourth-order valence-corrected chi connectivity index (χ4v) is 2.83. The molecule has 4 heteroatoms. The first-order chi connectivity index (χ1) is 6.77. The number of hydrogen-bond acceptors (Lipinski definition) is 3. The van der Waals surface area contributed by atoms with Gasteiger partial charge in [-0.15, -0.1) is 22.9 Å². The Morgan fingerprint density at radius 2 is 2.21 bits per heavy atom. The Balaban J connectivity index is 2.82. The zero-order valence-electron chi connectivity index (χ0n) is 7.46. The van der Waals surface area contributed by atoms with Crippen molar-refractivity contribution in [2.24, 2.45) is 0 Å². The molecular formula is C10H10ClNOS. The van der Waals surface area contributed by atoms with Gasteiger partial charge in [0.1, 0.15) is 0 Å². The number of aliphatic hydroxyl groups is 1. The summed E-state index contributed by atoms with van der Waals surface area (Å²) in [6.45, 7) is -0.0280. The van der Waals surface area contributed by atoms with Gasteiger partial charge in [0.25, 0.3) is 0 Å². The van der Waals surface area contributed by atoms with E-state index in [1.165, 1.54) is 11.3 Å². The molecule has 1 aromatic carbocycles. The lowest BCUT2D eigenvalue weighted by molar-refractivity contribution is 0.284. The Morgan fingerprint density at radius 3 is 2.86 bits per heavy atom. The molecule has 0 fully saturated rings. The summed E-state index contributed by atoms with van der Waals surface area (Å²) in [5.41, 5.74) is 7.64. The van der Waals surface area contributed by atoms with Crippen molar-refractivity contribution < 1.29 is 5.11 Å². The average Bonchev–Trinajstić information content (AvgIpc) is 2.52. The van der Waals surface area contributed by atoms with Crippen LogP contribution in [0.3, 0.4) is 0 Å². The average molecular weight is 228 g/mol. The minimum Gasteiger partial charge on any atom is -0.392 e. The molecule has 2 rings (SSSR count). The van der Waals surface area contributed by atoms with E-state index in [4.69, 9.17) is 17.3 Å². The molecule has 0 atom stereocenters. The largest absolute Gasteiger partial charge is 0.392 e. The van der Waals surface area contributed by atoms with E-state index in [-0.39, 0.29) is 6.61 Å². The van der Waals surface area contributed by atoms with Crippen LogP contribution in [0.2, 0.25) is 0 Å². The molecule has 0 spiro atoms. The van der Waals surface area contributed by atoms with Crippen LogP contribution in [-0.4, -0.2) is 5.11 Å². The number of hydrogen-bond donors (Lipinski definition) is 2. The number of benzene rings is 1. The van der Waals surface area contributed by atoms with Gasteiger partial charge in [-0.3, -0.25) is 0 Å². The van der Waals surface area contributed by atoms with Crippen molar-refractivity contribution in [1.82, 2.24) is 0 Å². The van der Waals surface area contributed by atoms with Crippen molar-refractivity contribution in [2.45, 2.75) is 12.5 Å². The number of halogens is 1. The smallest absolute Gasteiger partial charge is 0.0924 e. The second kappa shape index (κ2) is 3.77. The normalized spacial score (nSPS) is 11.0. The number of aliphatic hydroxyl groups excluding tert-OH is 1. The zero-order valence-corrected chi connectivity index (χ0v) is 9.03. The maximum absolute atomic E-state index is 9.21. The molecular weight excluding hydrogens is 218 g/mol. The standard InChI is InChI=1S/C10H10ClNOS/c11-4-6-2-1-3-8-9(6)7(5-13)10(12)14-8/h1-3,13H,4-5,12H2. The summed E-state index contributed by atoms with van der Waals surface area (Å²) < 4.78 is 1.09. The van der Waals surface area contributed by atoms with Gasteiger partial charge in [0.2, 0.25) is 0 Å². The van der Waals surface area contributed by atoms with E-state index >= 15 is 0 Å². The fourth-order valence-electron chi connectivity index (χ4n) is 1.58. The van der Waals surface area contributed by atoms with Gasteiger partial charge in [0, 0.05) is 21.5 Å². The first-order valence-corrected chi connectivity index (χ1v) is 5.58. The maximum atomic E-state index is 9.21. The highest BCUT2D eigenvalue weighted by Crippen LogP contribution is 2.36. The van der Waals surface area contributed by atoms with Crippen LogP contribution in [0, 0.1) is 0 Å². The number of thiophene rings is 1. The summed E-state index contributed by atoms with van der Waals surface area (Å²) >= 11 is 7.32. The Morgan fingerprint density at radius 1 is 1.43 bits per heavy atom. The van der Waals surface area contributed by atoms with Gasteiger partial charge in [-0.25, -0.2) is 0 Å². The van der Waals surface area contributed by atoms with Gasteiger partial charge in [0.05, 0.1) is 11.6 Å². The number of nitrogens with two attached hydrogens (primary N) is 1. The highest BCUT2D eigenvalue weighted by Gasteiger charge is 2.11. The van der Waals surface area contributed by atoms with Gasteiger partial charge in [-0.1, -0.05) is 12.1 Å². The maximum Gasteiger partial charge on any atom is 0.0924 e. The molecule has 0 aliphatic rings.